The molecule has 90 valence electrons. The molecule has 0 atom stereocenters. The van der Waals surface area contributed by atoms with Crippen molar-refractivity contribution in [3.8, 4) is 0 Å². The van der Waals surface area contributed by atoms with E-state index < -0.39 is 0 Å². The predicted octanol–water partition coefficient (Wildman–Crippen LogP) is 3.17. The van der Waals surface area contributed by atoms with Gasteiger partial charge in [0.2, 0.25) is 0 Å². The van der Waals surface area contributed by atoms with E-state index in [-0.39, 0.29) is 0 Å². The molecule has 1 saturated heterocycles. The van der Waals surface area contributed by atoms with Gasteiger partial charge in [0.05, 0.1) is 0 Å². The number of unbranched alkanes of at least 4 members (excludes halogenated alkanes) is 2. The van der Waals surface area contributed by atoms with E-state index >= 15 is 0 Å². The van der Waals surface area contributed by atoms with Gasteiger partial charge < -0.3 is 10.2 Å². The summed E-state index contributed by atoms with van der Waals surface area (Å²) in [5.41, 5.74) is 0. The summed E-state index contributed by atoms with van der Waals surface area (Å²) >= 11 is 5.28. The van der Waals surface area contributed by atoms with Crippen LogP contribution in [0.2, 0.25) is 0 Å². The van der Waals surface area contributed by atoms with Gasteiger partial charge in [-0.05, 0) is 31.5 Å². The zero-order chi connectivity index (χ0) is 11.5. The minimum absolute atomic E-state index is 0.966. The topological polar surface area (TPSA) is 15.3 Å². The third-order valence-electron chi connectivity index (χ3n) is 2.45. The second-order valence-corrected chi connectivity index (χ2v) is 4.02. The first-order chi connectivity index (χ1) is 7.34. The first-order valence-electron chi connectivity index (χ1n) is 6.37. The van der Waals surface area contributed by atoms with E-state index in [1.165, 1.54) is 32.1 Å². The standard InChI is InChI=1S/C10H20N2S.C2H6/c1-2-3-4-7-11-10(13)12-8-5-6-9-12;1-2/h2-9H2,1H3,(H,11,13);1-2H3. The quantitative estimate of drug-likeness (QED) is 0.590. The fraction of sp³-hybridized carbons (Fsp3) is 0.917. The Bertz CT molecular complexity index is 154. The Morgan fingerprint density at radius 1 is 1.20 bits per heavy atom. The van der Waals surface area contributed by atoms with Crippen LogP contribution in [-0.2, 0) is 0 Å². The van der Waals surface area contributed by atoms with E-state index in [0.29, 0.717) is 0 Å². The molecule has 0 unspecified atom stereocenters. The Labute approximate surface area is 100 Å². The molecule has 1 N–H and O–H groups in total. The van der Waals surface area contributed by atoms with Crippen molar-refractivity contribution in [2.75, 3.05) is 19.6 Å². The number of thiocarbonyl (C=S) groups is 1. The van der Waals surface area contributed by atoms with Crippen LogP contribution in [0.4, 0.5) is 0 Å². The summed E-state index contributed by atoms with van der Waals surface area (Å²) in [4.78, 5) is 2.28. The molecule has 0 saturated carbocycles. The van der Waals surface area contributed by atoms with Crippen molar-refractivity contribution in [2.45, 2.75) is 52.9 Å². The molecule has 0 aromatic carbocycles. The Balaban J connectivity index is 0.000000921. The third-order valence-corrected chi connectivity index (χ3v) is 2.85. The van der Waals surface area contributed by atoms with Crippen LogP contribution in [0.5, 0.6) is 0 Å². The second-order valence-electron chi connectivity index (χ2n) is 3.63. The molecule has 0 aliphatic carbocycles. The zero-order valence-corrected chi connectivity index (χ0v) is 11.3. The maximum absolute atomic E-state index is 5.28. The number of hydrogen-bond donors (Lipinski definition) is 1. The van der Waals surface area contributed by atoms with Gasteiger partial charge in [-0.15, -0.1) is 0 Å². The first-order valence-corrected chi connectivity index (χ1v) is 6.78. The van der Waals surface area contributed by atoms with Gasteiger partial charge in [0.15, 0.2) is 5.11 Å². The second kappa shape index (κ2) is 10.2. The number of hydrogen-bond acceptors (Lipinski definition) is 1. The maximum Gasteiger partial charge on any atom is 0.168 e. The van der Waals surface area contributed by atoms with Crippen LogP contribution in [0, 0.1) is 0 Å². The molecule has 0 radical (unpaired) electrons. The van der Waals surface area contributed by atoms with Gasteiger partial charge in [-0.3, -0.25) is 0 Å². The lowest BCUT2D eigenvalue weighted by Gasteiger charge is -2.19. The lowest BCUT2D eigenvalue weighted by molar-refractivity contribution is 0.504. The highest BCUT2D eigenvalue weighted by molar-refractivity contribution is 7.80. The summed E-state index contributed by atoms with van der Waals surface area (Å²) in [6, 6.07) is 0. The van der Waals surface area contributed by atoms with E-state index in [4.69, 9.17) is 12.2 Å². The minimum Gasteiger partial charge on any atom is -0.363 e. The van der Waals surface area contributed by atoms with Crippen LogP contribution in [0.25, 0.3) is 0 Å². The smallest absolute Gasteiger partial charge is 0.168 e. The Morgan fingerprint density at radius 2 is 1.80 bits per heavy atom. The van der Waals surface area contributed by atoms with E-state index in [1.807, 2.05) is 13.8 Å². The molecule has 3 heteroatoms. The van der Waals surface area contributed by atoms with E-state index in [0.717, 1.165) is 24.7 Å². The molecular weight excluding hydrogens is 204 g/mol. The first kappa shape index (κ1) is 14.7. The van der Waals surface area contributed by atoms with Crippen LogP contribution in [0.1, 0.15) is 52.9 Å². The third kappa shape index (κ3) is 6.72. The van der Waals surface area contributed by atoms with Gasteiger partial charge >= 0.3 is 0 Å². The van der Waals surface area contributed by atoms with Crippen molar-refractivity contribution in [3.63, 3.8) is 0 Å². The lowest BCUT2D eigenvalue weighted by Crippen LogP contribution is -2.38. The molecule has 0 aromatic rings. The summed E-state index contributed by atoms with van der Waals surface area (Å²) in [6.45, 7) is 9.57. The molecule has 0 amide bonds. The van der Waals surface area contributed by atoms with Gasteiger partial charge in [0, 0.05) is 19.6 Å². The average molecular weight is 230 g/mol. The van der Waals surface area contributed by atoms with Crippen molar-refractivity contribution in [1.82, 2.24) is 10.2 Å². The van der Waals surface area contributed by atoms with E-state index in [1.54, 1.807) is 0 Å². The Kier molecular flexibility index (Phi) is 10.0. The van der Waals surface area contributed by atoms with Gasteiger partial charge in [0.1, 0.15) is 0 Å². The summed E-state index contributed by atoms with van der Waals surface area (Å²) in [5.74, 6) is 0. The SMILES string of the molecule is CC.CCCCCNC(=S)N1CCCC1. The molecule has 15 heavy (non-hydrogen) atoms. The molecule has 0 spiro atoms. The molecule has 1 heterocycles. The highest BCUT2D eigenvalue weighted by Gasteiger charge is 2.13. The van der Waals surface area contributed by atoms with Gasteiger partial charge in [-0.25, -0.2) is 0 Å². The van der Waals surface area contributed by atoms with Crippen LogP contribution in [-0.4, -0.2) is 29.6 Å². The van der Waals surface area contributed by atoms with Crippen molar-refractivity contribution < 1.29 is 0 Å². The van der Waals surface area contributed by atoms with Crippen LogP contribution in [0.15, 0.2) is 0 Å². The number of likely N-dealkylation sites (tertiary alicyclic amines) is 1. The van der Waals surface area contributed by atoms with Gasteiger partial charge in [-0.1, -0.05) is 33.6 Å². The largest absolute Gasteiger partial charge is 0.363 e. The van der Waals surface area contributed by atoms with Crippen molar-refractivity contribution >= 4 is 17.3 Å². The van der Waals surface area contributed by atoms with Crippen LogP contribution >= 0.6 is 12.2 Å². The fourth-order valence-electron chi connectivity index (χ4n) is 1.60. The summed E-state index contributed by atoms with van der Waals surface area (Å²) in [6.07, 6.45) is 6.42. The summed E-state index contributed by atoms with van der Waals surface area (Å²) in [7, 11) is 0. The molecular formula is C12H26N2S. The normalized spacial score (nSPS) is 14.5. The molecule has 1 aliphatic heterocycles. The van der Waals surface area contributed by atoms with Gasteiger partial charge in [-0.2, -0.15) is 0 Å². The zero-order valence-electron chi connectivity index (χ0n) is 10.5. The van der Waals surface area contributed by atoms with E-state index in [2.05, 4.69) is 17.1 Å². The number of nitrogens with zero attached hydrogens (tertiary/aromatic N) is 1. The summed E-state index contributed by atoms with van der Waals surface area (Å²) in [5, 5.41) is 4.28. The highest BCUT2D eigenvalue weighted by Crippen LogP contribution is 2.07. The van der Waals surface area contributed by atoms with Gasteiger partial charge in [0.25, 0.3) is 0 Å². The molecule has 0 bridgehead atoms. The van der Waals surface area contributed by atoms with Crippen LogP contribution < -0.4 is 5.32 Å². The maximum atomic E-state index is 5.28. The Morgan fingerprint density at radius 3 is 2.33 bits per heavy atom. The molecule has 2 nitrogen and oxygen atoms in total. The monoisotopic (exact) mass is 230 g/mol. The van der Waals surface area contributed by atoms with E-state index in [9.17, 15) is 0 Å². The van der Waals surface area contributed by atoms with Crippen molar-refractivity contribution in [3.05, 3.63) is 0 Å². The van der Waals surface area contributed by atoms with Crippen LogP contribution in [0.3, 0.4) is 0 Å². The average Bonchev–Trinajstić information content (AvgIpc) is 2.80. The fourth-order valence-corrected chi connectivity index (χ4v) is 1.89. The minimum atomic E-state index is 0.966. The molecule has 0 aromatic heterocycles. The highest BCUT2D eigenvalue weighted by atomic mass is 32.1. The predicted molar refractivity (Wildman–Crippen MR) is 72.3 cm³/mol. The molecule has 1 aliphatic rings. The molecule has 1 fully saturated rings. The molecule has 1 rings (SSSR count). The number of rotatable bonds is 4. The lowest BCUT2D eigenvalue weighted by atomic mass is 10.2. The number of nitrogens with one attached hydrogen (secondary N) is 1. The van der Waals surface area contributed by atoms with Crippen molar-refractivity contribution in [1.29, 1.82) is 0 Å². The summed E-state index contributed by atoms with van der Waals surface area (Å²) < 4.78 is 0. The Hall–Kier alpha value is -0.310. The van der Waals surface area contributed by atoms with Crippen molar-refractivity contribution in [2.24, 2.45) is 0 Å².